The van der Waals surface area contributed by atoms with Gasteiger partial charge in [-0.1, -0.05) is 53.5 Å². The van der Waals surface area contributed by atoms with Crippen LogP contribution in [-0.4, -0.2) is 17.8 Å². The number of imide groups is 2. The van der Waals surface area contributed by atoms with Gasteiger partial charge in [0.1, 0.15) is 36.1 Å². The number of ether oxygens (including phenoxy) is 2. The van der Waals surface area contributed by atoms with Gasteiger partial charge in [0.25, 0.3) is 11.8 Å². The number of carbonyl (C=O) groups excluding carboxylic acids is 3. The summed E-state index contributed by atoms with van der Waals surface area (Å²) in [5.41, 5.74) is 1.64. The van der Waals surface area contributed by atoms with Gasteiger partial charge in [-0.3, -0.25) is 14.9 Å². The fourth-order valence-electron chi connectivity index (χ4n) is 4.04. The molecule has 212 valence electrons. The van der Waals surface area contributed by atoms with Crippen molar-refractivity contribution in [2.45, 2.75) is 13.2 Å². The monoisotopic (exact) mass is 668 g/mol. The molecule has 7 nitrogen and oxygen atoms in total. The van der Waals surface area contributed by atoms with Crippen molar-refractivity contribution in [2.24, 2.45) is 0 Å². The molecular formula is C31H20BrCl2FN2O5. The molecule has 1 N–H and O–H groups in total. The van der Waals surface area contributed by atoms with E-state index >= 15 is 0 Å². The third-order valence-electron chi connectivity index (χ3n) is 6.21. The number of benzene rings is 4. The van der Waals surface area contributed by atoms with E-state index in [1.54, 1.807) is 66.7 Å². The first-order valence-electron chi connectivity index (χ1n) is 12.4. The number of nitrogens with zero attached hydrogens (tertiary/aromatic N) is 1. The van der Waals surface area contributed by atoms with Crippen molar-refractivity contribution < 1.29 is 28.2 Å². The summed E-state index contributed by atoms with van der Waals surface area (Å²) in [4.78, 5) is 39.4. The van der Waals surface area contributed by atoms with E-state index in [4.69, 9.17) is 32.7 Å². The van der Waals surface area contributed by atoms with Crippen LogP contribution in [0.25, 0.3) is 6.08 Å². The molecule has 4 aromatic rings. The lowest BCUT2D eigenvalue weighted by atomic mass is 10.1. The van der Waals surface area contributed by atoms with Crippen molar-refractivity contribution in [3.8, 4) is 11.5 Å². The number of rotatable bonds is 8. The average Bonchev–Trinajstić information content (AvgIpc) is 2.96. The minimum Gasteiger partial charge on any atom is -0.489 e. The first kappa shape index (κ1) is 29.3. The van der Waals surface area contributed by atoms with Gasteiger partial charge in [-0.15, -0.1) is 0 Å². The Morgan fingerprint density at radius 3 is 2.31 bits per heavy atom. The number of hydrogen-bond acceptors (Lipinski definition) is 5. The number of anilines is 1. The van der Waals surface area contributed by atoms with Gasteiger partial charge in [-0.2, -0.15) is 0 Å². The number of carbonyl (C=O) groups is 3. The van der Waals surface area contributed by atoms with Crippen molar-refractivity contribution in [3.05, 3.63) is 128 Å². The number of barbiturate groups is 1. The molecule has 4 aromatic carbocycles. The number of urea groups is 1. The molecule has 11 heteroatoms. The highest BCUT2D eigenvalue weighted by molar-refractivity contribution is 9.10. The maximum absolute atomic E-state index is 13.9. The Balaban J connectivity index is 1.29. The predicted molar refractivity (Wildman–Crippen MR) is 161 cm³/mol. The van der Waals surface area contributed by atoms with Crippen molar-refractivity contribution >= 4 is 68.7 Å². The van der Waals surface area contributed by atoms with Crippen LogP contribution in [0.15, 0.2) is 95.0 Å². The van der Waals surface area contributed by atoms with Gasteiger partial charge >= 0.3 is 6.03 Å². The standard InChI is InChI=1S/C31H20BrCl2FN2O5/c32-25-14-18(5-12-28(25)42-17-20-3-1-2-4-27(20)35)13-24-29(38)36-31(40)37(30(24)39)22-8-10-23(11-9-22)41-16-19-6-7-21(33)15-26(19)34/h1-15H,16-17H2,(H,36,38,40)/b24-13+. The second kappa shape index (κ2) is 12.8. The van der Waals surface area contributed by atoms with E-state index < -0.39 is 17.8 Å². The van der Waals surface area contributed by atoms with Gasteiger partial charge in [0.2, 0.25) is 0 Å². The highest BCUT2D eigenvalue weighted by atomic mass is 79.9. The molecular weight excluding hydrogens is 650 g/mol. The molecule has 0 spiro atoms. The number of hydrogen-bond donors (Lipinski definition) is 1. The summed E-state index contributed by atoms with van der Waals surface area (Å²) < 4.78 is 25.9. The first-order chi connectivity index (χ1) is 20.2. The zero-order valence-electron chi connectivity index (χ0n) is 21.6. The Hall–Kier alpha value is -4.18. The summed E-state index contributed by atoms with van der Waals surface area (Å²) in [6, 6.07) is 21.6. The highest BCUT2D eigenvalue weighted by Gasteiger charge is 2.36. The molecule has 1 fully saturated rings. The van der Waals surface area contributed by atoms with Gasteiger partial charge in [0.15, 0.2) is 0 Å². The number of nitrogens with one attached hydrogen (secondary N) is 1. The van der Waals surface area contributed by atoms with Crippen molar-refractivity contribution in [3.63, 3.8) is 0 Å². The van der Waals surface area contributed by atoms with Crippen LogP contribution < -0.4 is 19.7 Å². The fraction of sp³-hybridized carbons (Fsp3) is 0.0645. The second-order valence-electron chi connectivity index (χ2n) is 9.05. The van der Waals surface area contributed by atoms with Crippen molar-refractivity contribution in [1.29, 1.82) is 0 Å². The number of amides is 4. The minimum atomic E-state index is -0.873. The van der Waals surface area contributed by atoms with E-state index in [0.717, 1.165) is 10.5 Å². The largest absolute Gasteiger partial charge is 0.489 e. The van der Waals surface area contributed by atoms with Gasteiger partial charge in [-0.25, -0.2) is 14.1 Å². The van der Waals surface area contributed by atoms with Crippen molar-refractivity contribution in [1.82, 2.24) is 5.32 Å². The molecule has 1 aliphatic heterocycles. The summed E-state index contributed by atoms with van der Waals surface area (Å²) in [5, 5.41) is 3.18. The third kappa shape index (κ3) is 6.65. The van der Waals surface area contributed by atoms with Gasteiger partial charge in [-0.05, 0) is 82.2 Å². The van der Waals surface area contributed by atoms with E-state index in [0.29, 0.717) is 37.1 Å². The van der Waals surface area contributed by atoms with Crippen LogP contribution in [0, 0.1) is 5.82 Å². The summed E-state index contributed by atoms with van der Waals surface area (Å²) >= 11 is 15.5. The highest BCUT2D eigenvalue weighted by Crippen LogP contribution is 2.30. The summed E-state index contributed by atoms with van der Waals surface area (Å²) in [6.07, 6.45) is 1.37. The fourth-order valence-corrected chi connectivity index (χ4v) is 5.02. The van der Waals surface area contributed by atoms with Crippen LogP contribution in [0.4, 0.5) is 14.9 Å². The lowest BCUT2D eigenvalue weighted by molar-refractivity contribution is -0.122. The van der Waals surface area contributed by atoms with Crippen LogP contribution in [-0.2, 0) is 22.8 Å². The van der Waals surface area contributed by atoms with Crippen molar-refractivity contribution in [2.75, 3.05) is 4.90 Å². The third-order valence-corrected chi connectivity index (χ3v) is 7.42. The Labute approximate surface area is 258 Å². The molecule has 1 heterocycles. The van der Waals surface area contributed by atoms with E-state index in [1.807, 2.05) is 0 Å². The Bertz CT molecular complexity index is 1730. The van der Waals surface area contributed by atoms with E-state index in [-0.39, 0.29) is 30.3 Å². The topological polar surface area (TPSA) is 84.9 Å². The lowest BCUT2D eigenvalue weighted by Crippen LogP contribution is -2.54. The molecule has 0 aromatic heterocycles. The van der Waals surface area contributed by atoms with Gasteiger partial charge < -0.3 is 9.47 Å². The quantitative estimate of drug-likeness (QED) is 0.153. The van der Waals surface area contributed by atoms with Crippen LogP contribution >= 0.6 is 39.1 Å². The molecule has 0 bridgehead atoms. The van der Waals surface area contributed by atoms with Gasteiger partial charge in [0.05, 0.1) is 10.2 Å². The SMILES string of the molecule is O=C1NC(=O)N(c2ccc(OCc3ccc(Cl)cc3Cl)cc2)C(=O)/C1=C/c1ccc(OCc2ccccc2F)c(Br)c1. The Morgan fingerprint density at radius 2 is 1.60 bits per heavy atom. The Kier molecular flexibility index (Phi) is 8.91. The number of halogens is 4. The van der Waals surface area contributed by atoms with Gasteiger partial charge in [0, 0.05) is 21.2 Å². The Morgan fingerprint density at radius 1 is 0.857 bits per heavy atom. The summed E-state index contributed by atoms with van der Waals surface area (Å²) in [6.45, 7) is 0.199. The maximum Gasteiger partial charge on any atom is 0.335 e. The molecule has 42 heavy (non-hydrogen) atoms. The summed E-state index contributed by atoms with van der Waals surface area (Å²) in [5.74, 6) is -1.07. The molecule has 4 amide bonds. The van der Waals surface area contributed by atoms with E-state index in [1.165, 1.54) is 24.3 Å². The molecule has 1 saturated heterocycles. The molecule has 5 rings (SSSR count). The predicted octanol–water partition coefficient (Wildman–Crippen LogP) is 7.72. The summed E-state index contributed by atoms with van der Waals surface area (Å²) in [7, 11) is 0. The van der Waals surface area contributed by atoms with Crippen LogP contribution in [0.1, 0.15) is 16.7 Å². The smallest absolute Gasteiger partial charge is 0.335 e. The maximum atomic E-state index is 13.9. The van der Waals surface area contributed by atoms with E-state index in [9.17, 15) is 18.8 Å². The molecule has 0 aliphatic carbocycles. The molecule has 1 aliphatic rings. The van der Waals surface area contributed by atoms with E-state index in [2.05, 4.69) is 21.2 Å². The lowest BCUT2D eigenvalue weighted by Gasteiger charge is -2.26. The van der Waals surface area contributed by atoms with Crippen LogP contribution in [0.2, 0.25) is 10.0 Å². The minimum absolute atomic E-state index is 0.0162. The molecule has 0 atom stereocenters. The zero-order valence-corrected chi connectivity index (χ0v) is 24.7. The first-order valence-corrected chi connectivity index (χ1v) is 14.0. The van der Waals surface area contributed by atoms with Crippen LogP contribution in [0.3, 0.4) is 0 Å². The second-order valence-corrected chi connectivity index (χ2v) is 10.7. The normalized spacial score (nSPS) is 14.2. The average molecular weight is 670 g/mol. The molecule has 0 saturated carbocycles. The van der Waals surface area contributed by atoms with Crippen LogP contribution in [0.5, 0.6) is 11.5 Å². The zero-order chi connectivity index (χ0) is 29.8. The molecule has 0 radical (unpaired) electrons. The molecule has 0 unspecified atom stereocenters.